The molecule has 1 aromatic carbocycles. The van der Waals surface area contributed by atoms with E-state index in [9.17, 15) is 10.1 Å². The lowest BCUT2D eigenvalue weighted by Gasteiger charge is -2.09. The summed E-state index contributed by atoms with van der Waals surface area (Å²) in [7, 11) is 0. The zero-order chi connectivity index (χ0) is 14.8. The molecule has 0 bridgehead atoms. The maximum atomic E-state index is 10.9. The van der Waals surface area contributed by atoms with Crippen molar-refractivity contribution in [2.24, 2.45) is 0 Å². The number of hydrogen-bond acceptors (Lipinski definition) is 5. The molecule has 20 heavy (non-hydrogen) atoms. The largest absolute Gasteiger partial charge is 0.493 e. The molecule has 112 valence electrons. The lowest BCUT2D eigenvalue weighted by molar-refractivity contribution is -0.384. The smallest absolute Gasteiger partial charge is 0.275 e. The Labute approximate surface area is 124 Å². The number of benzene rings is 1. The molecule has 1 aromatic rings. The maximum Gasteiger partial charge on any atom is 0.275 e. The molecular weight excluding hydrogens is 276 g/mol. The first-order valence-electron chi connectivity index (χ1n) is 6.82. The van der Waals surface area contributed by atoms with Crippen LogP contribution < -0.4 is 10.1 Å². The first-order valence-corrected chi connectivity index (χ1v) is 8.22. The van der Waals surface area contributed by atoms with Gasteiger partial charge in [-0.1, -0.05) is 6.92 Å². The molecule has 6 heteroatoms. The van der Waals surface area contributed by atoms with E-state index in [1.54, 1.807) is 6.07 Å². The molecule has 0 saturated heterocycles. The summed E-state index contributed by atoms with van der Waals surface area (Å²) >= 11 is 1.83. The highest BCUT2D eigenvalue weighted by atomic mass is 32.2. The Hall–Kier alpha value is -1.43. The third-order valence-corrected chi connectivity index (χ3v) is 3.38. The molecule has 0 unspecified atom stereocenters. The Morgan fingerprint density at radius 1 is 1.35 bits per heavy atom. The standard InChI is InChI=1S/C14H22N2O3S/c1-3-7-19-14-10-12(9-13(11-14)16(17)18)15-6-4-5-8-20-2/h9-11,15H,3-8H2,1-2H3. The number of ether oxygens (including phenoxy) is 1. The topological polar surface area (TPSA) is 64.4 Å². The van der Waals surface area contributed by atoms with Crippen molar-refractivity contribution < 1.29 is 9.66 Å². The molecule has 0 amide bonds. The van der Waals surface area contributed by atoms with Crippen LogP contribution >= 0.6 is 11.8 Å². The second-order valence-electron chi connectivity index (χ2n) is 4.45. The number of hydrogen-bond donors (Lipinski definition) is 1. The summed E-state index contributed by atoms with van der Waals surface area (Å²) in [6.07, 6.45) is 5.16. The van der Waals surface area contributed by atoms with Crippen molar-refractivity contribution in [3.63, 3.8) is 0 Å². The highest BCUT2D eigenvalue weighted by Crippen LogP contribution is 2.26. The summed E-state index contributed by atoms with van der Waals surface area (Å²) in [5, 5.41) is 14.1. The summed E-state index contributed by atoms with van der Waals surface area (Å²) in [5.41, 5.74) is 0.805. The molecule has 0 aliphatic rings. The number of thioether (sulfide) groups is 1. The normalized spacial score (nSPS) is 10.3. The van der Waals surface area contributed by atoms with E-state index in [0.717, 1.165) is 37.2 Å². The van der Waals surface area contributed by atoms with Gasteiger partial charge in [0, 0.05) is 24.4 Å². The van der Waals surface area contributed by atoms with E-state index in [-0.39, 0.29) is 5.69 Å². The van der Waals surface area contributed by atoms with Crippen LogP contribution in [0.5, 0.6) is 5.75 Å². The van der Waals surface area contributed by atoms with E-state index < -0.39 is 4.92 Å². The molecule has 1 rings (SSSR count). The van der Waals surface area contributed by atoms with Gasteiger partial charge in [0.15, 0.2) is 0 Å². The van der Waals surface area contributed by atoms with E-state index in [4.69, 9.17) is 4.74 Å². The summed E-state index contributed by atoms with van der Waals surface area (Å²) < 4.78 is 5.48. The van der Waals surface area contributed by atoms with Crippen molar-refractivity contribution in [2.45, 2.75) is 26.2 Å². The molecule has 0 aliphatic carbocycles. The van der Waals surface area contributed by atoms with Gasteiger partial charge in [-0.2, -0.15) is 11.8 Å². The number of rotatable bonds is 10. The van der Waals surface area contributed by atoms with E-state index >= 15 is 0 Å². The minimum absolute atomic E-state index is 0.0604. The lowest BCUT2D eigenvalue weighted by atomic mass is 10.2. The van der Waals surface area contributed by atoms with Crippen molar-refractivity contribution in [3.05, 3.63) is 28.3 Å². The highest BCUT2D eigenvalue weighted by Gasteiger charge is 2.10. The fraction of sp³-hybridized carbons (Fsp3) is 0.571. The summed E-state index contributed by atoms with van der Waals surface area (Å²) in [4.78, 5) is 10.5. The van der Waals surface area contributed by atoms with Crippen molar-refractivity contribution in [3.8, 4) is 5.75 Å². The van der Waals surface area contributed by atoms with Gasteiger partial charge in [-0.15, -0.1) is 0 Å². The SMILES string of the molecule is CCCOc1cc(NCCCCSC)cc([N+](=O)[O-])c1. The number of nitro groups is 1. The molecular formula is C14H22N2O3S. The number of non-ortho nitro benzene ring substituents is 1. The number of nitro benzene ring substituents is 1. The van der Waals surface area contributed by atoms with Crippen molar-refractivity contribution in [1.29, 1.82) is 0 Å². The Morgan fingerprint density at radius 2 is 2.15 bits per heavy atom. The van der Waals surface area contributed by atoms with E-state index in [0.29, 0.717) is 12.4 Å². The van der Waals surface area contributed by atoms with Gasteiger partial charge >= 0.3 is 0 Å². The Balaban J connectivity index is 2.63. The van der Waals surface area contributed by atoms with Crippen LogP contribution in [-0.2, 0) is 0 Å². The van der Waals surface area contributed by atoms with Crippen molar-refractivity contribution >= 4 is 23.1 Å². The van der Waals surface area contributed by atoms with Crippen LogP contribution in [0.4, 0.5) is 11.4 Å². The first-order chi connectivity index (χ1) is 9.67. The molecule has 5 nitrogen and oxygen atoms in total. The molecule has 0 fully saturated rings. The first kappa shape index (κ1) is 16.6. The van der Waals surface area contributed by atoms with E-state index in [1.165, 1.54) is 6.07 Å². The molecule has 0 heterocycles. The lowest BCUT2D eigenvalue weighted by Crippen LogP contribution is -2.04. The average molecular weight is 298 g/mol. The van der Waals surface area contributed by atoms with Crippen LogP contribution in [0.3, 0.4) is 0 Å². The molecule has 0 saturated carbocycles. The Bertz CT molecular complexity index is 427. The van der Waals surface area contributed by atoms with Crippen molar-refractivity contribution in [2.75, 3.05) is 30.5 Å². The van der Waals surface area contributed by atoms with Gasteiger partial charge < -0.3 is 10.1 Å². The summed E-state index contributed by atoms with van der Waals surface area (Å²) in [6.45, 7) is 3.38. The second kappa shape index (κ2) is 9.47. The molecule has 0 atom stereocenters. The average Bonchev–Trinajstić information content (AvgIpc) is 2.44. The van der Waals surface area contributed by atoms with Gasteiger partial charge in [-0.25, -0.2) is 0 Å². The minimum Gasteiger partial charge on any atom is -0.493 e. The minimum atomic E-state index is -0.391. The molecule has 0 aromatic heterocycles. The third-order valence-electron chi connectivity index (χ3n) is 2.68. The summed E-state index contributed by atoms with van der Waals surface area (Å²) in [5.74, 6) is 1.69. The zero-order valence-electron chi connectivity index (χ0n) is 12.1. The number of unbranched alkanes of at least 4 members (excludes halogenated alkanes) is 1. The van der Waals surface area contributed by atoms with Crippen LogP contribution in [-0.4, -0.2) is 30.1 Å². The van der Waals surface area contributed by atoms with E-state index in [2.05, 4.69) is 11.6 Å². The van der Waals surface area contributed by atoms with Gasteiger partial charge in [0.25, 0.3) is 5.69 Å². The predicted octanol–water partition coefficient (Wildman–Crippen LogP) is 3.94. The Morgan fingerprint density at radius 3 is 2.80 bits per heavy atom. The van der Waals surface area contributed by atoms with Gasteiger partial charge in [0.05, 0.1) is 17.6 Å². The highest BCUT2D eigenvalue weighted by molar-refractivity contribution is 7.98. The Kier molecular flexibility index (Phi) is 7.87. The summed E-state index contributed by atoms with van der Waals surface area (Å²) in [6, 6.07) is 4.83. The van der Waals surface area contributed by atoms with Crippen LogP contribution in [0.2, 0.25) is 0 Å². The van der Waals surface area contributed by atoms with Crippen LogP contribution in [0.1, 0.15) is 26.2 Å². The second-order valence-corrected chi connectivity index (χ2v) is 5.43. The predicted molar refractivity (Wildman–Crippen MR) is 85.0 cm³/mol. The monoisotopic (exact) mass is 298 g/mol. The van der Waals surface area contributed by atoms with Crippen LogP contribution in [0.15, 0.2) is 18.2 Å². The molecule has 1 N–H and O–H groups in total. The van der Waals surface area contributed by atoms with Crippen molar-refractivity contribution in [1.82, 2.24) is 0 Å². The van der Waals surface area contributed by atoms with E-state index in [1.807, 2.05) is 24.8 Å². The maximum absolute atomic E-state index is 10.9. The number of nitrogens with zero attached hydrogens (tertiary/aromatic N) is 1. The molecule has 0 aliphatic heterocycles. The number of nitrogens with one attached hydrogen (secondary N) is 1. The third kappa shape index (κ3) is 6.14. The fourth-order valence-corrected chi connectivity index (χ4v) is 2.19. The fourth-order valence-electron chi connectivity index (χ4n) is 1.70. The van der Waals surface area contributed by atoms with Crippen LogP contribution in [0, 0.1) is 10.1 Å². The molecule has 0 radical (unpaired) electrons. The quantitative estimate of drug-likeness (QED) is 0.402. The van der Waals surface area contributed by atoms with Gasteiger partial charge in [-0.05, 0) is 31.3 Å². The van der Waals surface area contributed by atoms with Gasteiger partial charge in [-0.3, -0.25) is 10.1 Å². The number of anilines is 1. The molecule has 0 spiro atoms. The van der Waals surface area contributed by atoms with Gasteiger partial charge in [0.1, 0.15) is 5.75 Å². The zero-order valence-corrected chi connectivity index (χ0v) is 12.9. The van der Waals surface area contributed by atoms with Crippen LogP contribution in [0.25, 0.3) is 0 Å². The van der Waals surface area contributed by atoms with Gasteiger partial charge in [0.2, 0.25) is 0 Å².